The highest BCUT2D eigenvalue weighted by molar-refractivity contribution is 4.86. The summed E-state index contributed by atoms with van der Waals surface area (Å²) in [7, 11) is 0. The Morgan fingerprint density at radius 1 is 1.06 bits per heavy atom. The molecule has 0 aromatic rings. The predicted octanol–water partition coefficient (Wildman–Crippen LogP) is 3.35. The minimum atomic E-state index is 0.869. The predicted molar refractivity (Wildman–Crippen MR) is 69.2 cm³/mol. The Hall–Kier alpha value is -0.480. The topological polar surface area (TPSA) is 12.0 Å². The summed E-state index contributed by atoms with van der Waals surface area (Å²) >= 11 is 0. The van der Waals surface area contributed by atoms with Crippen LogP contribution in [-0.2, 0) is 0 Å². The summed E-state index contributed by atoms with van der Waals surface area (Å²) in [6, 6.07) is 0.869. The number of hydrogen-bond donors (Lipinski definition) is 1. The molecule has 0 aromatic carbocycles. The highest BCUT2D eigenvalue weighted by Crippen LogP contribution is 2.33. The summed E-state index contributed by atoms with van der Waals surface area (Å²) in [6.45, 7) is 1.27. The van der Waals surface area contributed by atoms with Gasteiger partial charge in [0.1, 0.15) is 0 Å². The number of rotatable bonds is 6. The van der Waals surface area contributed by atoms with Crippen molar-refractivity contribution in [1.82, 2.24) is 5.32 Å². The average Bonchev–Trinajstić information content (AvgIpc) is 3.12. The average molecular weight is 219 g/mol. The summed E-state index contributed by atoms with van der Waals surface area (Å²) < 4.78 is 0. The molecule has 2 fully saturated rings. The Morgan fingerprint density at radius 3 is 2.50 bits per heavy atom. The van der Waals surface area contributed by atoms with Gasteiger partial charge in [-0.2, -0.15) is 0 Å². The molecule has 0 heterocycles. The lowest BCUT2D eigenvalue weighted by Gasteiger charge is -2.31. The molecule has 2 rings (SSSR count). The van der Waals surface area contributed by atoms with E-state index < -0.39 is 0 Å². The van der Waals surface area contributed by atoms with Crippen molar-refractivity contribution in [2.24, 2.45) is 11.8 Å². The van der Waals surface area contributed by atoms with Gasteiger partial charge >= 0.3 is 0 Å². The van der Waals surface area contributed by atoms with Gasteiger partial charge < -0.3 is 5.32 Å². The molecule has 0 amide bonds. The quantitative estimate of drug-likeness (QED) is 0.533. The molecule has 1 heteroatoms. The van der Waals surface area contributed by atoms with E-state index in [1.807, 2.05) is 0 Å². The smallest absolute Gasteiger partial charge is 0.00861 e. The first-order chi connectivity index (χ1) is 7.90. The van der Waals surface area contributed by atoms with Crippen molar-refractivity contribution in [3.05, 3.63) is 0 Å². The maximum Gasteiger partial charge on any atom is 0.00861 e. The molecule has 0 aromatic heterocycles. The van der Waals surface area contributed by atoms with E-state index in [4.69, 9.17) is 6.42 Å². The number of nitrogens with one attached hydrogen (secondary N) is 1. The molecule has 16 heavy (non-hydrogen) atoms. The Balaban J connectivity index is 1.69. The molecule has 2 saturated carbocycles. The van der Waals surface area contributed by atoms with Gasteiger partial charge in [0.2, 0.25) is 0 Å². The molecule has 1 N–H and O–H groups in total. The van der Waals surface area contributed by atoms with Crippen LogP contribution in [0.1, 0.15) is 57.8 Å². The maximum absolute atomic E-state index is 5.32. The molecule has 90 valence electrons. The van der Waals surface area contributed by atoms with Crippen LogP contribution >= 0.6 is 0 Å². The molecule has 2 unspecified atom stereocenters. The Bertz CT molecular complexity index is 236. The lowest BCUT2D eigenvalue weighted by molar-refractivity contribution is 0.214. The molecule has 0 radical (unpaired) electrons. The summed E-state index contributed by atoms with van der Waals surface area (Å²) in [4.78, 5) is 0. The second-order valence-electron chi connectivity index (χ2n) is 5.58. The molecule has 0 spiro atoms. The summed E-state index contributed by atoms with van der Waals surface area (Å²) in [6.07, 6.45) is 17.5. The van der Waals surface area contributed by atoms with Crippen molar-refractivity contribution < 1.29 is 0 Å². The lowest BCUT2D eigenvalue weighted by atomic mass is 9.76. The third-order valence-corrected chi connectivity index (χ3v) is 4.21. The molecule has 0 aliphatic heterocycles. The molecule has 0 bridgehead atoms. The Morgan fingerprint density at radius 2 is 1.81 bits per heavy atom. The van der Waals surface area contributed by atoms with Crippen molar-refractivity contribution in [2.45, 2.75) is 63.8 Å². The normalized spacial score (nSPS) is 29.9. The van der Waals surface area contributed by atoms with Gasteiger partial charge in [-0.1, -0.05) is 19.3 Å². The van der Waals surface area contributed by atoms with Crippen LogP contribution < -0.4 is 5.32 Å². The van der Waals surface area contributed by atoms with Gasteiger partial charge in [0.25, 0.3) is 0 Å². The van der Waals surface area contributed by atoms with Crippen LogP contribution in [0, 0.1) is 24.2 Å². The molecule has 2 atom stereocenters. The highest BCUT2D eigenvalue weighted by Gasteiger charge is 2.27. The SMILES string of the molecule is C#CCCCC1CCCCC1CNC1CC1. The first-order valence-corrected chi connectivity index (χ1v) is 7.07. The van der Waals surface area contributed by atoms with E-state index in [-0.39, 0.29) is 0 Å². The van der Waals surface area contributed by atoms with Crippen molar-refractivity contribution >= 4 is 0 Å². The zero-order chi connectivity index (χ0) is 11.2. The highest BCUT2D eigenvalue weighted by atomic mass is 14.9. The van der Waals surface area contributed by atoms with Crippen molar-refractivity contribution in [3.63, 3.8) is 0 Å². The second kappa shape index (κ2) is 6.30. The van der Waals surface area contributed by atoms with Crippen LogP contribution in [0.4, 0.5) is 0 Å². The van der Waals surface area contributed by atoms with E-state index in [1.165, 1.54) is 57.9 Å². The fraction of sp³-hybridized carbons (Fsp3) is 0.867. The van der Waals surface area contributed by atoms with Crippen LogP contribution in [0.25, 0.3) is 0 Å². The lowest BCUT2D eigenvalue weighted by Crippen LogP contribution is -2.31. The van der Waals surface area contributed by atoms with E-state index >= 15 is 0 Å². The van der Waals surface area contributed by atoms with Gasteiger partial charge in [-0.05, 0) is 50.5 Å². The summed E-state index contributed by atoms with van der Waals surface area (Å²) in [5, 5.41) is 3.71. The van der Waals surface area contributed by atoms with E-state index in [9.17, 15) is 0 Å². The molecule has 1 nitrogen and oxygen atoms in total. The van der Waals surface area contributed by atoms with Crippen LogP contribution in [-0.4, -0.2) is 12.6 Å². The molecule has 2 aliphatic carbocycles. The largest absolute Gasteiger partial charge is 0.314 e. The second-order valence-corrected chi connectivity index (χ2v) is 5.58. The summed E-state index contributed by atoms with van der Waals surface area (Å²) in [5.41, 5.74) is 0. The van der Waals surface area contributed by atoms with Crippen molar-refractivity contribution in [2.75, 3.05) is 6.54 Å². The van der Waals surface area contributed by atoms with Gasteiger partial charge in [-0.25, -0.2) is 0 Å². The Labute approximate surface area is 100 Å². The number of hydrogen-bond acceptors (Lipinski definition) is 1. The monoisotopic (exact) mass is 219 g/mol. The van der Waals surface area contributed by atoms with Crippen molar-refractivity contribution in [3.8, 4) is 12.3 Å². The van der Waals surface area contributed by atoms with Gasteiger partial charge in [-0.15, -0.1) is 12.3 Å². The third kappa shape index (κ3) is 3.83. The van der Waals surface area contributed by atoms with Gasteiger partial charge in [0, 0.05) is 12.5 Å². The van der Waals surface area contributed by atoms with E-state index in [1.54, 1.807) is 0 Å². The first kappa shape index (κ1) is 12.0. The molecular weight excluding hydrogens is 194 g/mol. The summed E-state index contributed by atoms with van der Waals surface area (Å²) in [5.74, 6) is 4.66. The first-order valence-electron chi connectivity index (χ1n) is 7.07. The van der Waals surface area contributed by atoms with Crippen LogP contribution in [0.15, 0.2) is 0 Å². The fourth-order valence-corrected chi connectivity index (χ4v) is 3.01. The van der Waals surface area contributed by atoms with Gasteiger partial charge in [0.15, 0.2) is 0 Å². The molecule has 2 aliphatic rings. The minimum Gasteiger partial charge on any atom is -0.314 e. The maximum atomic E-state index is 5.32. The fourth-order valence-electron chi connectivity index (χ4n) is 3.01. The molecular formula is C15H25N. The van der Waals surface area contributed by atoms with E-state index in [2.05, 4.69) is 11.2 Å². The van der Waals surface area contributed by atoms with Gasteiger partial charge in [-0.3, -0.25) is 0 Å². The molecule has 0 saturated heterocycles. The van der Waals surface area contributed by atoms with Crippen LogP contribution in [0.5, 0.6) is 0 Å². The van der Waals surface area contributed by atoms with Gasteiger partial charge in [0.05, 0.1) is 0 Å². The zero-order valence-corrected chi connectivity index (χ0v) is 10.4. The standard InChI is InChI=1S/C15H25N/c1-2-3-4-7-13-8-5-6-9-14(13)12-16-15-10-11-15/h1,13-16H,3-12H2. The van der Waals surface area contributed by atoms with Crippen molar-refractivity contribution in [1.29, 1.82) is 0 Å². The Kier molecular flexibility index (Phi) is 4.72. The minimum absolute atomic E-state index is 0.869. The number of terminal acetylenes is 1. The number of unbranched alkanes of at least 4 members (excludes halogenated alkanes) is 1. The van der Waals surface area contributed by atoms with Crippen LogP contribution in [0.3, 0.4) is 0 Å². The van der Waals surface area contributed by atoms with E-state index in [0.29, 0.717) is 0 Å². The third-order valence-electron chi connectivity index (χ3n) is 4.21. The van der Waals surface area contributed by atoms with E-state index in [0.717, 1.165) is 24.3 Å². The zero-order valence-electron chi connectivity index (χ0n) is 10.4. The van der Waals surface area contributed by atoms with Crippen LogP contribution in [0.2, 0.25) is 0 Å².